The second-order valence-corrected chi connectivity index (χ2v) is 4.69. The Labute approximate surface area is 112 Å². The molecule has 5 nitrogen and oxygen atoms in total. The molecule has 0 spiro atoms. The normalized spacial score (nSPS) is 12.9. The zero-order valence-electron chi connectivity index (χ0n) is 11.1. The first-order valence-electron chi connectivity index (χ1n) is 6.31. The summed E-state index contributed by atoms with van der Waals surface area (Å²) in [5, 5.41) is 7.73. The lowest BCUT2D eigenvalue weighted by Crippen LogP contribution is -2.15. The van der Waals surface area contributed by atoms with Crippen LogP contribution < -0.4 is 14.8 Å². The van der Waals surface area contributed by atoms with Crippen molar-refractivity contribution in [2.75, 3.05) is 6.79 Å². The van der Waals surface area contributed by atoms with Crippen molar-refractivity contribution in [3.05, 3.63) is 41.2 Å². The van der Waals surface area contributed by atoms with Gasteiger partial charge in [-0.2, -0.15) is 5.10 Å². The molecule has 0 bridgehead atoms. The lowest BCUT2D eigenvalue weighted by atomic mass is 10.2. The summed E-state index contributed by atoms with van der Waals surface area (Å²) in [5.74, 6) is 1.65. The first-order chi connectivity index (χ1) is 9.22. The summed E-state index contributed by atoms with van der Waals surface area (Å²) in [5.41, 5.74) is 3.41. The van der Waals surface area contributed by atoms with E-state index in [0.29, 0.717) is 6.79 Å². The highest BCUT2D eigenvalue weighted by molar-refractivity contribution is 5.44. The highest BCUT2D eigenvalue weighted by Gasteiger charge is 2.12. The van der Waals surface area contributed by atoms with Crippen LogP contribution in [0.2, 0.25) is 0 Å². The number of nitrogens with zero attached hydrogens (tertiary/aromatic N) is 2. The molecule has 1 aliphatic heterocycles. The monoisotopic (exact) mass is 259 g/mol. The Kier molecular flexibility index (Phi) is 3.13. The topological polar surface area (TPSA) is 48.3 Å². The molecular formula is C14H17N3O2. The van der Waals surface area contributed by atoms with Crippen LogP contribution in [0, 0.1) is 6.92 Å². The van der Waals surface area contributed by atoms with E-state index < -0.39 is 0 Å². The minimum atomic E-state index is 0.320. The summed E-state index contributed by atoms with van der Waals surface area (Å²) in [7, 11) is 1.96. The summed E-state index contributed by atoms with van der Waals surface area (Å²) in [6.07, 6.45) is 0. The molecule has 0 unspecified atom stereocenters. The molecule has 0 saturated carbocycles. The van der Waals surface area contributed by atoms with E-state index in [4.69, 9.17) is 9.47 Å². The molecule has 5 heteroatoms. The van der Waals surface area contributed by atoms with Gasteiger partial charge in [-0.15, -0.1) is 0 Å². The molecule has 0 amide bonds. The zero-order valence-corrected chi connectivity index (χ0v) is 11.1. The molecule has 1 N–H and O–H groups in total. The average molecular weight is 259 g/mol. The van der Waals surface area contributed by atoms with Crippen molar-refractivity contribution >= 4 is 0 Å². The fraction of sp³-hybridized carbons (Fsp3) is 0.357. The van der Waals surface area contributed by atoms with Gasteiger partial charge < -0.3 is 14.8 Å². The molecule has 0 fully saturated rings. The average Bonchev–Trinajstić information content (AvgIpc) is 2.96. The number of hydrogen-bond acceptors (Lipinski definition) is 4. The maximum atomic E-state index is 5.36. The van der Waals surface area contributed by atoms with E-state index in [2.05, 4.69) is 22.5 Å². The van der Waals surface area contributed by atoms with Gasteiger partial charge in [-0.05, 0) is 30.7 Å². The molecular weight excluding hydrogens is 242 g/mol. The number of nitrogens with one attached hydrogen (secondary N) is 1. The first kappa shape index (κ1) is 12.0. The smallest absolute Gasteiger partial charge is 0.231 e. The maximum Gasteiger partial charge on any atom is 0.231 e. The molecule has 2 heterocycles. The summed E-state index contributed by atoms with van der Waals surface area (Å²) in [6.45, 7) is 3.91. The van der Waals surface area contributed by atoms with E-state index in [-0.39, 0.29) is 0 Å². The van der Waals surface area contributed by atoms with E-state index in [0.717, 1.165) is 30.3 Å². The fourth-order valence-corrected chi connectivity index (χ4v) is 2.22. The molecule has 0 aliphatic carbocycles. The molecule has 3 rings (SSSR count). The number of aryl methyl sites for hydroxylation is 2. The fourth-order valence-electron chi connectivity index (χ4n) is 2.22. The van der Waals surface area contributed by atoms with Crippen LogP contribution in [0.1, 0.15) is 17.0 Å². The SMILES string of the molecule is Cc1cc(CNCc2ccc3c(c2)OCO3)n(C)n1. The second-order valence-electron chi connectivity index (χ2n) is 4.69. The van der Waals surface area contributed by atoms with Crippen LogP contribution in [0.4, 0.5) is 0 Å². The number of fused-ring (bicyclic) bond motifs is 1. The summed E-state index contributed by atoms with van der Waals surface area (Å²) >= 11 is 0. The third kappa shape index (κ3) is 2.56. The Bertz CT molecular complexity index is 592. The van der Waals surface area contributed by atoms with Gasteiger partial charge in [-0.3, -0.25) is 4.68 Å². The van der Waals surface area contributed by atoms with Crippen LogP contribution >= 0.6 is 0 Å². The molecule has 0 saturated heterocycles. The van der Waals surface area contributed by atoms with Crippen molar-refractivity contribution < 1.29 is 9.47 Å². The van der Waals surface area contributed by atoms with Crippen molar-refractivity contribution in [3.63, 3.8) is 0 Å². The highest BCUT2D eigenvalue weighted by Crippen LogP contribution is 2.32. The van der Waals surface area contributed by atoms with Gasteiger partial charge in [0.15, 0.2) is 11.5 Å². The summed E-state index contributed by atoms with van der Waals surface area (Å²) in [4.78, 5) is 0. The number of benzene rings is 1. The van der Waals surface area contributed by atoms with Gasteiger partial charge in [0.1, 0.15) is 0 Å². The first-order valence-corrected chi connectivity index (χ1v) is 6.31. The van der Waals surface area contributed by atoms with E-state index in [1.54, 1.807) is 0 Å². The third-order valence-electron chi connectivity index (χ3n) is 3.17. The standard InChI is InChI=1S/C14H17N3O2/c1-10-5-12(17(2)16-10)8-15-7-11-3-4-13-14(6-11)19-9-18-13/h3-6,15H,7-9H2,1-2H3. The van der Waals surface area contributed by atoms with Crippen molar-refractivity contribution in [3.8, 4) is 11.5 Å². The molecule has 19 heavy (non-hydrogen) atoms. The zero-order chi connectivity index (χ0) is 13.2. The van der Waals surface area contributed by atoms with Crippen molar-refractivity contribution in [2.24, 2.45) is 7.05 Å². The molecule has 1 aromatic heterocycles. The minimum absolute atomic E-state index is 0.320. The largest absolute Gasteiger partial charge is 0.454 e. The van der Waals surface area contributed by atoms with E-state index in [1.165, 1.54) is 11.3 Å². The highest BCUT2D eigenvalue weighted by atomic mass is 16.7. The minimum Gasteiger partial charge on any atom is -0.454 e. The molecule has 100 valence electrons. The number of aromatic nitrogens is 2. The predicted molar refractivity (Wildman–Crippen MR) is 71.1 cm³/mol. The van der Waals surface area contributed by atoms with Crippen LogP contribution in [-0.2, 0) is 20.1 Å². The van der Waals surface area contributed by atoms with E-state index >= 15 is 0 Å². The Hall–Kier alpha value is -2.01. The Balaban J connectivity index is 1.59. The Morgan fingerprint density at radius 1 is 1.21 bits per heavy atom. The van der Waals surface area contributed by atoms with Crippen molar-refractivity contribution in [2.45, 2.75) is 20.0 Å². The molecule has 0 atom stereocenters. The van der Waals surface area contributed by atoms with Gasteiger partial charge in [0.25, 0.3) is 0 Å². The van der Waals surface area contributed by atoms with Gasteiger partial charge in [0.2, 0.25) is 6.79 Å². The molecule has 2 aromatic rings. The van der Waals surface area contributed by atoms with Crippen LogP contribution in [-0.4, -0.2) is 16.6 Å². The lowest BCUT2D eigenvalue weighted by molar-refractivity contribution is 0.174. The Morgan fingerprint density at radius 2 is 2.05 bits per heavy atom. The molecule has 1 aromatic carbocycles. The van der Waals surface area contributed by atoms with Gasteiger partial charge in [0.05, 0.1) is 11.4 Å². The van der Waals surface area contributed by atoms with Gasteiger partial charge in [0, 0.05) is 20.1 Å². The molecule has 1 aliphatic rings. The summed E-state index contributed by atoms with van der Waals surface area (Å²) in [6, 6.07) is 8.11. The second kappa shape index (κ2) is 4.93. The number of rotatable bonds is 4. The maximum absolute atomic E-state index is 5.36. The quantitative estimate of drug-likeness (QED) is 0.908. The molecule has 0 radical (unpaired) electrons. The van der Waals surface area contributed by atoms with Gasteiger partial charge in [-0.25, -0.2) is 0 Å². The lowest BCUT2D eigenvalue weighted by Gasteiger charge is -2.06. The predicted octanol–water partition coefficient (Wildman–Crippen LogP) is 1.75. The van der Waals surface area contributed by atoms with Crippen LogP contribution in [0.5, 0.6) is 11.5 Å². The van der Waals surface area contributed by atoms with E-state index in [9.17, 15) is 0 Å². The van der Waals surface area contributed by atoms with Gasteiger partial charge >= 0.3 is 0 Å². The van der Waals surface area contributed by atoms with Crippen LogP contribution in [0.15, 0.2) is 24.3 Å². The summed E-state index contributed by atoms with van der Waals surface area (Å²) < 4.78 is 12.6. The van der Waals surface area contributed by atoms with Gasteiger partial charge in [-0.1, -0.05) is 6.07 Å². The number of ether oxygens (including phenoxy) is 2. The van der Waals surface area contributed by atoms with E-state index in [1.807, 2.05) is 30.8 Å². The number of hydrogen-bond donors (Lipinski definition) is 1. The van der Waals surface area contributed by atoms with Crippen molar-refractivity contribution in [1.29, 1.82) is 0 Å². The third-order valence-corrected chi connectivity index (χ3v) is 3.17. The van der Waals surface area contributed by atoms with Crippen molar-refractivity contribution in [1.82, 2.24) is 15.1 Å². The Morgan fingerprint density at radius 3 is 2.84 bits per heavy atom. The van der Waals surface area contributed by atoms with Crippen LogP contribution in [0.3, 0.4) is 0 Å². The van der Waals surface area contributed by atoms with Crippen LogP contribution in [0.25, 0.3) is 0 Å².